The number of aliphatic hydroxyl groups is 1. The standard InChI is InChI=1S/C12H12Br2O/c13-7-4-5-11(14)10(6-7)12(15)8-2-1-3-9(8)12/h4-6,8-9,15H,1-3H2. The van der Waals surface area contributed by atoms with Crippen LogP contribution in [-0.4, -0.2) is 5.11 Å². The van der Waals surface area contributed by atoms with Crippen LogP contribution in [0.1, 0.15) is 24.8 Å². The summed E-state index contributed by atoms with van der Waals surface area (Å²) < 4.78 is 2.07. The molecule has 1 nitrogen and oxygen atoms in total. The minimum Gasteiger partial charge on any atom is -0.385 e. The van der Waals surface area contributed by atoms with Crippen LogP contribution in [0, 0.1) is 11.8 Å². The molecule has 0 radical (unpaired) electrons. The Kier molecular flexibility index (Phi) is 2.28. The lowest BCUT2D eigenvalue weighted by Gasteiger charge is -2.16. The molecular formula is C12H12Br2O. The highest BCUT2D eigenvalue weighted by molar-refractivity contribution is 9.11. The van der Waals surface area contributed by atoms with Crippen LogP contribution in [-0.2, 0) is 5.60 Å². The van der Waals surface area contributed by atoms with Crippen LogP contribution < -0.4 is 0 Å². The van der Waals surface area contributed by atoms with E-state index in [4.69, 9.17) is 0 Å². The molecule has 1 aromatic carbocycles. The van der Waals surface area contributed by atoms with Crippen molar-refractivity contribution in [2.24, 2.45) is 11.8 Å². The van der Waals surface area contributed by atoms with Gasteiger partial charge < -0.3 is 5.11 Å². The Labute approximate surface area is 106 Å². The van der Waals surface area contributed by atoms with Crippen molar-refractivity contribution in [2.75, 3.05) is 0 Å². The number of rotatable bonds is 1. The summed E-state index contributed by atoms with van der Waals surface area (Å²) in [6.45, 7) is 0. The lowest BCUT2D eigenvalue weighted by Crippen LogP contribution is -2.13. The molecule has 0 aromatic heterocycles. The second kappa shape index (κ2) is 3.31. The molecule has 0 aliphatic heterocycles. The summed E-state index contributed by atoms with van der Waals surface area (Å²) in [5.41, 5.74) is 0.521. The van der Waals surface area contributed by atoms with Crippen molar-refractivity contribution >= 4 is 31.9 Å². The maximum absolute atomic E-state index is 10.6. The lowest BCUT2D eigenvalue weighted by molar-refractivity contribution is 0.105. The van der Waals surface area contributed by atoms with Gasteiger partial charge >= 0.3 is 0 Å². The Morgan fingerprint density at radius 1 is 1.20 bits per heavy atom. The fraction of sp³-hybridized carbons (Fsp3) is 0.500. The van der Waals surface area contributed by atoms with Gasteiger partial charge in [0.15, 0.2) is 0 Å². The summed E-state index contributed by atoms with van der Waals surface area (Å²) in [4.78, 5) is 0. The quantitative estimate of drug-likeness (QED) is 0.829. The van der Waals surface area contributed by atoms with Gasteiger partial charge in [0.1, 0.15) is 0 Å². The molecule has 2 aliphatic rings. The van der Waals surface area contributed by atoms with Crippen LogP contribution in [0.15, 0.2) is 27.1 Å². The van der Waals surface area contributed by atoms with Crippen molar-refractivity contribution in [2.45, 2.75) is 24.9 Å². The fourth-order valence-electron chi connectivity index (χ4n) is 3.13. The van der Waals surface area contributed by atoms with Crippen LogP contribution in [0.2, 0.25) is 0 Å². The van der Waals surface area contributed by atoms with Gasteiger partial charge in [0.05, 0.1) is 5.60 Å². The highest BCUT2D eigenvalue weighted by Crippen LogP contribution is 2.67. The highest BCUT2D eigenvalue weighted by Gasteiger charge is 2.66. The zero-order chi connectivity index (χ0) is 10.6. The number of fused-ring (bicyclic) bond motifs is 1. The Bertz CT molecular complexity index is 406. The SMILES string of the molecule is OC1(c2cc(Br)ccc2Br)C2CCCC21. The molecule has 0 amide bonds. The summed E-state index contributed by atoms with van der Waals surface area (Å²) in [6, 6.07) is 6.04. The normalized spacial score (nSPS) is 37.8. The zero-order valence-corrected chi connectivity index (χ0v) is 11.4. The predicted molar refractivity (Wildman–Crippen MR) is 66.6 cm³/mol. The second-order valence-corrected chi connectivity index (χ2v) is 6.36. The van der Waals surface area contributed by atoms with Crippen LogP contribution in [0.3, 0.4) is 0 Å². The van der Waals surface area contributed by atoms with Gasteiger partial charge in [-0.15, -0.1) is 0 Å². The van der Waals surface area contributed by atoms with E-state index < -0.39 is 5.60 Å². The molecule has 2 fully saturated rings. The van der Waals surface area contributed by atoms with Crippen molar-refractivity contribution in [3.63, 3.8) is 0 Å². The van der Waals surface area contributed by atoms with Gasteiger partial charge in [-0.1, -0.05) is 38.3 Å². The second-order valence-electron chi connectivity index (χ2n) is 4.59. The van der Waals surface area contributed by atoms with Crippen molar-refractivity contribution in [1.29, 1.82) is 0 Å². The van der Waals surface area contributed by atoms with E-state index in [-0.39, 0.29) is 0 Å². The summed E-state index contributed by atoms with van der Waals surface area (Å²) in [6.07, 6.45) is 3.64. The first-order valence-corrected chi connectivity index (χ1v) is 6.90. The largest absolute Gasteiger partial charge is 0.385 e. The van der Waals surface area contributed by atoms with Gasteiger partial charge in [-0.05, 0) is 48.4 Å². The van der Waals surface area contributed by atoms with E-state index in [1.54, 1.807) is 0 Å². The number of benzene rings is 1. The summed E-state index contributed by atoms with van der Waals surface area (Å²) in [7, 11) is 0. The molecule has 2 unspecified atom stereocenters. The maximum Gasteiger partial charge on any atom is 0.0971 e. The molecular weight excluding hydrogens is 320 g/mol. The third-order valence-corrected chi connectivity index (χ3v) is 5.08. The third kappa shape index (κ3) is 1.36. The van der Waals surface area contributed by atoms with Crippen LogP contribution >= 0.6 is 31.9 Å². The van der Waals surface area contributed by atoms with Gasteiger partial charge in [-0.25, -0.2) is 0 Å². The van der Waals surface area contributed by atoms with Crippen molar-refractivity contribution in [1.82, 2.24) is 0 Å². The molecule has 2 saturated carbocycles. The number of halogens is 2. The smallest absolute Gasteiger partial charge is 0.0971 e. The van der Waals surface area contributed by atoms with E-state index >= 15 is 0 Å². The van der Waals surface area contributed by atoms with E-state index in [0.717, 1.165) is 14.5 Å². The van der Waals surface area contributed by atoms with E-state index in [0.29, 0.717) is 11.8 Å². The number of hydrogen-bond acceptors (Lipinski definition) is 1. The number of hydrogen-bond donors (Lipinski definition) is 1. The van der Waals surface area contributed by atoms with Crippen molar-refractivity contribution in [3.8, 4) is 0 Å². The summed E-state index contributed by atoms with van der Waals surface area (Å²) in [5.74, 6) is 1.01. The molecule has 2 atom stereocenters. The summed E-state index contributed by atoms with van der Waals surface area (Å²) >= 11 is 7.00. The van der Waals surface area contributed by atoms with Crippen molar-refractivity contribution in [3.05, 3.63) is 32.7 Å². The van der Waals surface area contributed by atoms with E-state index in [1.807, 2.05) is 18.2 Å². The summed E-state index contributed by atoms with van der Waals surface area (Å²) in [5, 5.41) is 10.6. The molecule has 0 bridgehead atoms. The molecule has 0 spiro atoms. The van der Waals surface area contributed by atoms with E-state index in [1.165, 1.54) is 19.3 Å². The van der Waals surface area contributed by atoms with Gasteiger partial charge in [0, 0.05) is 8.95 Å². The molecule has 2 aliphatic carbocycles. The fourth-order valence-corrected chi connectivity index (χ4v) is 4.05. The Morgan fingerprint density at radius 3 is 2.53 bits per heavy atom. The lowest BCUT2D eigenvalue weighted by atomic mass is 9.99. The molecule has 0 saturated heterocycles. The molecule has 0 heterocycles. The first-order valence-electron chi connectivity index (χ1n) is 5.32. The van der Waals surface area contributed by atoms with Gasteiger partial charge in [0.2, 0.25) is 0 Å². The van der Waals surface area contributed by atoms with E-state index in [2.05, 4.69) is 31.9 Å². The van der Waals surface area contributed by atoms with Gasteiger partial charge in [-0.2, -0.15) is 0 Å². The predicted octanol–water partition coefficient (Wildman–Crippen LogP) is 3.83. The molecule has 1 N–H and O–H groups in total. The average molecular weight is 332 g/mol. The Morgan fingerprint density at radius 2 is 1.87 bits per heavy atom. The van der Waals surface area contributed by atoms with Gasteiger partial charge in [-0.3, -0.25) is 0 Å². The monoisotopic (exact) mass is 330 g/mol. The molecule has 15 heavy (non-hydrogen) atoms. The Balaban J connectivity index is 2.03. The third-order valence-electron chi connectivity index (χ3n) is 3.90. The minimum atomic E-state index is -0.541. The minimum absolute atomic E-state index is 0.503. The first-order chi connectivity index (χ1) is 7.14. The van der Waals surface area contributed by atoms with E-state index in [9.17, 15) is 5.11 Å². The Hall–Kier alpha value is 0.140. The van der Waals surface area contributed by atoms with Gasteiger partial charge in [0.25, 0.3) is 0 Å². The van der Waals surface area contributed by atoms with Crippen molar-refractivity contribution < 1.29 is 5.11 Å². The first kappa shape index (κ1) is 10.3. The van der Waals surface area contributed by atoms with Crippen LogP contribution in [0.4, 0.5) is 0 Å². The van der Waals surface area contributed by atoms with Crippen LogP contribution in [0.5, 0.6) is 0 Å². The maximum atomic E-state index is 10.6. The molecule has 3 rings (SSSR count). The average Bonchev–Trinajstić information content (AvgIpc) is 2.67. The highest BCUT2D eigenvalue weighted by atomic mass is 79.9. The molecule has 1 aromatic rings. The van der Waals surface area contributed by atoms with Crippen LogP contribution in [0.25, 0.3) is 0 Å². The molecule has 80 valence electrons. The molecule has 3 heteroatoms. The topological polar surface area (TPSA) is 20.2 Å². The zero-order valence-electron chi connectivity index (χ0n) is 8.21.